The van der Waals surface area contributed by atoms with Crippen LogP contribution in [-0.2, 0) is 0 Å². The predicted molar refractivity (Wildman–Crippen MR) is 93.1 cm³/mol. The lowest BCUT2D eigenvalue weighted by molar-refractivity contribution is 0.0724. The summed E-state index contributed by atoms with van der Waals surface area (Å²) < 4.78 is 0. The van der Waals surface area contributed by atoms with Crippen LogP contribution in [0.25, 0.3) is 0 Å². The fourth-order valence-electron chi connectivity index (χ4n) is 2.89. The third-order valence-corrected chi connectivity index (χ3v) is 4.16. The van der Waals surface area contributed by atoms with Crippen LogP contribution in [0.3, 0.4) is 0 Å². The molecule has 0 radical (unpaired) electrons. The molecule has 1 aromatic heterocycles. The molecule has 1 N–H and O–H groups in total. The highest BCUT2D eigenvalue weighted by atomic mass is 16.2. The summed E-state index contributed by atoms with van der Waals surface area (Å²) in [4.78, 5) is 30.9. The molecular formula is C19H21N3O2. The van der Waals surface area contributed by atoms with Crippen molar-refractivity contribution in [1.29, 1.82) is 0 Å². The second-order valence-electron chi connectivity index (χ2n) is 6.11. The van der Waals surface area contributed by atoms with E-state index >= 15 is 0 Å². The highest BCUT2D eigenvalue weighted by molar-refractivity contribution is 6.04. The number of nitrogens with one attached hydrogen (secondary N) is 1. The topological polar surface area (TPSA) is 62.3 Å². The number of aryl methyl sites for hydroxylation is 1. The standard InChI is InChI=1S/C19H21N3O2/c1-14-6-5-7-16(12-14)21-18(23)17-13-15(8-9-20-17)19(24)22-10-3-2-4-11-22/h5-9,12-13H,2-4,10-11H2,1H3,(H,21,23). The molecule has 1 aliphatic heterocycles. The number of nitrogens with zero attached hydrogens (tertiary/aromatic N) is 2. The van der Waals surface area contributed by atoms with Crippen LogP contribution in [0.4, 0.5) is 5.69 Å². The van der Waals surface area contributed by atoms with E-state index in [1.807, 2.05) is 36.1 Å². The zero-order valence-corrected chi connectivity index (χ0v) is 13.8. The van der Waals surface area contributed by atoms with Gasteiger partial charge in [-0.2, -0.15) is 0 Å². The lowest BCUT2D eigenvalue weighted by Gasteiger charge is -2.26. The Morgan fingerprint density at radius 2 is 1.88 bits per heavy atom. The van der Waals surface area contributed by atoms with Crippen molar-refractivity contribution in [2.24, 2.45) is 0 Å². The zero-order valence-electron chi connectivity index (χ0n) is 13.8. The number of carbonyl (C=O) groups is 2. The summed E-state index contributed by atoms with van der Waals surface area (Å²) >= 11 is 0. The van der Waals surface area contributed by atoms with Crippen molar-refractivity contribution < 1.29 is 9.59 Å². The Labute approximate surface area is 141 Å². The average molecular weight is 323 g/mol. The van der Waals surface area contributed by atoms with Gasteiger partial charge in [-0.05, 0) is 56.0 Å². The highest BCUT2D eigenvalue weighted by Gasteiger charge is 2.19. The van der Waals surface area contributed by atoms with Crippen molar-refractivity contribution in [3.05, 3.63) is 59.4 Å². The maximum absolute atomic E-state index is 12.5. The molecule has 124 valence electrons. The Morgan fingerprint density at radius 3 is 2.62 bits per heavy atom. The van der Waals surface area contributed by atoms with Gasteiger partial charge in [0.15, 0.2) is 0 Å². The Balaban J connectivity index is 1.74. The van der Waals surface area contributed by atoms with Gasteiger partial charge in [0.05, 0.1) is 0 Å². The number of benzene rings is 1. The largest absolute Gasteiger partial charge is 0.339 e. The first kappa shape index (κ1) is 16.2. The molecule has 3 rings (SSSR count). The lowest BCUT2D eigenvalue weighted by atomic mass is 10.1. The first-order valence-corrected chi connectivity index (χ1v) is 8.27. The fraction of sp³-hybridized carbons (Fsp3) is 0.316. The van der Waals surface area contributed by atoms with E-state index in [-0.39, 0.29) is 17.5 Å². The van der Waals surface area contributed by atoms with Crippen molar-refractivity contribution in [3.63, 3.8) is 0 Å². The van der Waals surface area contributed by atoms with Crippen LogP contribution < -0.4 is 5.32 Å². The quantitative estimate of drug-likeness (QED) is 0.943. The molecule has 1 saturated heterocycles. The summed E-state index contributed by atoms with van der Waals surface area (Å²) in [7, 11) is 0. The summed E-state index contributed by atoms with van der Waals surface area (Å²) in [5.74, 6) is -0.337. The van der Waals surface area contributed by atoms with Crippen molar-refractivity contribution >= 4 is 17.5 Å². The van der Waals surface area contributed by atoms with E-state index in [0.717, 1.165) is 37.2 Å². The minimum atomic E-state index is -0.311. The lowest BCUT2D eigenvalue weighted by Crippen LogP contribution is -2.35. The Morgan fingerprint density at radius 1 is 1.08 bits per heavy atom. The molecule has 5 nitrogen and oxygen atoms in total. The third kappa shape index (κ3) is 3.79. The number of rotatable bonds is 3. The molecule has 0 bridgehead atoms. The van der Waals surface area contributed by atoms with Crippen LogP contribution in [0.15, 0.2) is 42.6 Å². The van der Waals surface area contributed by atoms with Crippen molar-refractivity contribution in [2.75, 3.05) is 18.4 Å². The van der Waals surface area contributed by atoms with Gasteiger partial charge in [-0.15, -0.1) is 0 Å². The number of aromatic nitrogens is 1. The smallest absolute Gasteiger partial charge is 0.274 e. The first-order chi connectivity index (χ1) is 11.6. The Kier molecular flexibility index (Phi) is 4.89. The monoisotopic (exact) mass is 323 g/mol. The van der Waals surface area contributed by atoms with Crippen molar-refractivity contribution in [2.45, 2.75) is 26.2 Å². The summed E-state index contributed by atoms with van der Waals surface area (Å²) in [6, 6.07) is 10.8. The number of hydrogen-bond donors (Lipinski definition) is 1. The summed E-state index contributed by atoms with van der Waals surface area (Å²) in [6.07, 6.45) is 4.77. The zero-order chi connectivity index (χ0) is 16.9. The molecule has 1 fully saturated rings. The minimum Gasteiger partial charge on any atom is -0.339 e. The van der Waals surface area contributed by atoms with Crippen LogP contribution in [0.1, 0.15) is 45.7 Å². The second-order valence-corrected chi connectivity index (χ2v) is 6.11. The number of likely N-dealkylation sites (tertiary alicyclic amines) is 1. The van der Waals surface area contributed by atoms with E-state index < -0.39 is 0 Å². The second kappa shape index (κ2) is 7.25. The van der Waals surface area contributed by atoms with E-state index in [9.17, 15) is 9.59 Å². The molecule has 24 heavy (non-hydrogen) atoms. The molecule has 1 aliphatic rings. The summed E-state index contributed by atoms with van der Waals surface area (Å²) in [6.45, 7) is 3.53. The molecule has 2 heterocycles. The fourth-order valence-corrected chi connectivity index (χ4v) is 2.89. The molecule has 0 atom stereocenters. The van der Waals surface area contributed by atoms with E-state index in [0.29, 0.717) is 5.56 Å². The first-order valence-electron chi connectivity index (χ1n) is 8.27. The molecule has 2 amide bonds. The van der Waals surface area contributed by atoms with Gasteiger partial charge in [0.2, 0.25) is 0 Å². The van der Waals surface area contributed by atoms with Gasteiger partial charge in [-0.25, -0.2) is 0 Å². The van der Waals surface area contributed by atoms with Gasteiger partial charge in [-0.1, -0.05) is 12.1 Å². The van der Waals surface area contributed by atoms with Crippen LogP contribution in [0.5, 0.6) is 0 Å². The normalized spacial score (nSPS) is 14.3. The van der Waals surface area contributed by atoms with Crippen LogP contribution in [0, 0.1) is 6.92 Å². The Hall–Kier alpha value is -2.69. The van der Waals surface area contributed by atoms with E-state index in [1.165, 1.54) is 12.6 Å². The number of anilines is 1. The highest BCUT2D eigenvalue weighted by Crippen LogP contribution is 2.15. The summed E-state index contributed by atoms with van der Waals surface area (Å²) in [5, 5.41) is 2.82. The predicted octanol–water partition coefficient (Wildman–Crippen LogP) is 3.27. The van der Waals surface area contributed by atoms with Gasteiger partial charge in [0.1, 0.15) is 5.69 Å². The van der Waals surface area contributed by atoms with E-state index in [1.54, 1.807) is 12.1 Å². The van der Waals surface area contributed by atoms with Gasteiger partial charge in [0, 0.05) is 30.5 Å². The van der Waals surface area contributed by atoms with Gasteiger partial charge in [-0.3, -0.25) is 14.6 Å². The van der Waals surface area contributed by atoms with Crippen molar-refractivity contribution in [1.82, 2.24) is 9.88 Å². The van der Waals surface area contributed by atoms with Crippen LogP contribution in [-0.4, -0.2) is 34.8 Å². The molecule has 0 saturated carbocycles. The molecule has 1 aromatic carbocycles. The number of hydrogen-bond acceptors (Lipinski definition) is 3. The molecule has 5 heteroatoms. The number of carbonyl (C=O) groups excluding carboxylic acids is 2. The van der Waals surface area contributed by atoms with Gasteiger partial charge >= 0.3 is 0 Å². The molecule has 2 aromatic rings. The van der Waals surface area contributed by atoms with Crippen LogP contribution in [0.2, 0.25) is 0 Å². The average Bonchev–Trinajstić information content (AvgIpc) is 2.62. The number of amides is 2. The summed E-state index contributed by atoms with van der Waals surface area (Å²) in [5.41, 5.74) is 2.55. The van der Waals surface area contributed by atoms with E-state index in [2.05, 4.69) is 10.3 Å². The van der Waals surface area contributed by atoms with E-state index in [4.69, 9.17) is 0 Å². The maximum Gasteiger partial charge on any atom is 0.274 e. The van der Waals surface area contributed by atoms with Crippen LogP contribution >= 0.6 is 0 Å². The van der Waals surface area contributed by atoms with Gasteiger partial charge < -0.3 is 10.2 Å². The molecule has 0 unspecified atom stereocenters. The van der Waals surface area contributed by atoms with Gasteiger partial charge in [0.25, 0.3) is 11.8 Å². The molecular weight excluding hydrogens is 302 g/mol. The third-order valence-electron chi connectivity index (χ3n) is 4.16. The molecule has 0 spiro atoms. The Bertz CT molecular complexity index is 752. The minimum absolute atomic E-state index is 0.0262. The SMILES string of the molecule is Cc1cccc(NC(=O)c2cc(C(=O)N3CCCCC3)ccn2)c1. The maximum atomic E-state index is 12.5. The molecule has 0 aliphatic carbocycles. The number of pyridine rings is 1. The number of piperidine rings is 1. The van der Waals surface area contributed by atoms with Crippen molar-refractivity contribution in [3.8, 4) is 0 Å².